The van der Waals surface area contributed by atoms with Crippen LogP contribution in [0.4, 0.5) is 5.69 Å². The minimum atomic E-state index is -0.727. The van der Waals surface area contributed by atoms with Gasteiger partial charge in [0.05, 0.1) is 5.54 Å². The van der Waals surface area contributed by atoms with Crippen LogP contribution in [0.3, 0.4) is 0 Å². The number of benzene rings is 1. The summed E-state index contributed by atoms with van der Waals surface area (Å²) in [6, 6.07) is 7.93. The molecule has 0 atom stereocenters. The summed E-state index contributed by atoms with van der Waals surface area (Å²) < 4.78 is 0. The molecule has 1 aromatic rings. The SMILES string of the molecule is CCC(N)(CC)C(=O)c1ccc(N2CCN(C)CC2)cc1. The lowest BCUT2D eigenvalue weighted by Gasteiger charge is -2.34. The Balaban J connectivity index is 2.10. The lowest BCUT2D eigenvalue weighted by atomic mass is 9.85. The molecule has 0 spiro atoms. The van der Waals surface area contributed by atoms with Crippen molar-refractivity contribution in [3.05, 3.63) is 29.8 Å². The highest BCUT2D eigenvalue weighted by Gasteiger charge is 2.30. The highest BCUT2D eigenvalue weighted by molar-refractivity contribution is 6.03. The van der Waals surface area contributed by atoms with Crippen molar-refractivity contribution in [1.82, 2.24) is 4.90 Å². The third-order valence-corrected chi connectivity index (χ3v) is 4.71. The molecule has 1 aromatic carbocycles. The van der Waals surface area contributed by atoms with Crippen LogP contribution in [-0.4, -0.2) is 49.4 Å². The van der Waals surface area contributed by atoms with E-state index in [2.05, 4.69) is 16.8 Å². The monoisotopic (exact) mass is 289 g/mol. The number of Topliss-reactive ketones (excluding diaryl/α,β-unsaturated/α-hetero) is 1. The molecule has 116 valence electrons. The molecule has 0 radical (unpaired) electrons. The van der Waals surface area contributed by atoms with Gasteiger partial charge in [-0.2, -0.15) is 0 Å². The number of carbonyl (C=O) groups excluding carboxylic acids is 1. The van der Waals surface area contributed by atoms with Gasteiger partial charge in [0.1, 0.15) is 0 Å². The minimum absolute atomic E-state index is 0.0532. The first-order valence-electron chi connectivity index (χ1n) is 7.87. The number of likely N-dealkylation sites (N-methyl/N-ethyl adjacent to an activating group) is 1. The van der Waals surface area contributed by atoms with E-state index in [-0.39, 0.29) is 5.78 Å². The molecule has 0 saturated carbocycles. The van der Waals surface area contributed by atoms with Gasteiger partial charge in [-0.15, -0.1) is 0 Å². The number of piperazine rings is 1. The second-order valence-electron chi connectivity index (χ2n) is 6.03. The number of nitrogens with two attached hydrogens (primary N) is 1. The summed E-state index contributed by atoms with van der Waals surface area (Å²) in [5.41, 5.74) is 7.39. The zero-order chi connectivity index (χ0) is 15.5. The Morgan fingerprint density at radius 3 is 2.10 bits per heavy atom. The van der Waals surface area contributed by atoms with Crippen LogP contribution in [0, 0.1) is 0 Å². The Hall–Kier alpha value is -1.39. The molecule has 0 aromatic heterocycles. The molecule has 0 bridgehead atoms. The molecule has 2 N–H and O–H groups in total. The average Bonchev–Trinajstić information content (AvgIpc) is 2.54. The smallest absolute Gasteiger partial charge is 0.182 e. The quantitative estimate of drug-likeness (QED) is 0.844. The Labute approximate surface area is 127 Å². The summed E-state index contributed by atoms with van der Waals surface area (Å²) in [7, 11) is 2.15. The predicted octanol–water partition coefficient (Wildman–Crippen LogP) is 2.14. The zero-order valence-electron chi connectivity index (χ0n) is 13.4. The largest absolute Gasteiger partial charge is 0.369 e. The maximum Gasteiger partial charge on any atom is 0.182 e. The molecule has 1 saturated heterocycles. The molecular formula is C17H27N3O. The van der Waals surface area contributed by atoms with E-state index < -0.39 is 5.54 Å². The summed E-state index contributed by atoms with van der Waals surface area (Å²) in [5, 5.41) is 0. The van der Waals surface area contributed by atoms with Gasteiger partial charge in [-0.05, 0) is 44.2 Å². The molecule has 1 aliphatic heterocycles. The number of hydrogen-bond acceptors (Lipinski definition) is 4. The summed E-state index contributed by atoms with van der Waals surface area (Å²) in [4.78, 5) is 17.2. The van der Waals surface area contributed by atoms with Gasteiger partial charge in [0.15, 0.2) is 5.78 Å². The molecule has 1 heterocycles. The number of nitrogens with zero attached hydrogens (tertiary/aromatic N) is 2. The molecule has 4 nitrogen and oxygen atoms in total. The fourth-order valence-electron chi connectivity index (χ4n) is 2.75. The van der Waals surface area contributed by atoms with Crippen molar-refractivity contribution >= 4 is 11.5 Å². The average molecular weight is 289 g/mol. The molecule has 1 fully saturated rings. The van der Waals surface area contributed by atoms with Crippen LogP contribution in [0.1, 0.15) is 37.0 Å². The fourth-order valence-corrected chi connectivity index (χ4v) is 2.75. The number of anilines is 1. The van der Waals surface area contributed by atoms with Crippen LogP contribution >= 0.6 is 0 Å². The van der Waals surface area contributed by atoms with E-state index in [1.54, 1.807) is 0 Å². The normalized spacial score (nSPS) is 17.0. The summed E-state index contributed by atoms with van der Waals surface area (Å²) in [6.45, 7) is 8.18. The van der Waals surface area contributed by atoms with Crippen LogP contribution in [0.25, 0.3) is 0 Å². The van der Waals surface area contributed by atoms with Crippen LogP contribution in [-0.2, 0) is 0 Å². The fraction of sp³-hybridized carbons (Fsp3) is 0.588. The first-order valence-corrected chi connectivity index (χ1v) is 7.87. The molecule has 21 heavy (non-hydrogen) atoms. The van der Waals surface area contributed by atoms with Crippen LogP contribution in [0.15, 0.2) is 24.3 Å². The Kier molecular flexibility index (Phi) is 5.01. The van der Waals surface area contributed by atoms with Crippen LogP contribution in [0.2, 0.25) is 0 Å². The molecule has 0 aliphatic carbocycles. The minimum Gasteiger partial charge on any atom is -0.369 e. The van der Waals surface area contributed by atoms with Gasteiger partial charge in [0.2, 0.25) is 0 Å². The number of ketones is 1. The Bertz CT molecular complexity index is 471. The summed E-state index contributed by atoms with van der Waals surface area (Å²) in [5.74, 6) is 0.0532. The highest BCUT2D eigenvalue weighted by atomic mass is 16.1. The van der Waals surface area contributed by atoms with Crippen LogP contribution < -0.4 is 10.6 Å². The van der Waals surface area contributed by atoms with Crippen molar-refractivity contribution in [3.8, 4) is 0 Å². The third kappa shape index (κ3) is 3.44. The zero-order valence-corrected chi connectivity index (χ0v) is 13.4. The third-order valence-electron chi connectivity index (χ3n) is 4.71. The molecule has 1 aliphatic rings. The van der Waals surface area contributed by atoms with Crippen molar-refractivity contribution in [2.45, 2.75) is 32.2 Å². The number of carbonyl (C=O) groups is 1. The van der Waals surface area contributed by atoms with Crippen molar-refractivity contribution in [2.24, 2.45) is 5.73 Å². The molecular weight excluding hydrogens is 262 g/mol. The van der Waals surface area contributed by atoms with Gasteiger partial charge in [0.25, 0.3) is 0 Å². The molecule has 0 amide bonds. The van der Waals surface area contributed by atoms with E-state index >= 15 is 0 Å². The Morgan fingerprint density at radius 2 is 1.62 bits per heavy atom. The van der Waals surface area contributed by atoms with Gasteiger partial charge in [0, 0.05) is 37.4 Å². The van der Waals surface area contributed by atoms with E-state index in [0.717, 1.165) is 31.7 Å². The number of hydrogen-bond donors (Lipinski definition) is 1. The topological polar surface area (TPSA) is 49.6 Å². The summed E-state index contributed by atoms with van der Waals surface area (Å²) in [6.07, 6.45) is 1.34. The van der Waals surface area contributed by atoms with Gasteiger partial charge < -0.3 is 15.5 Å². The lowest BCUT2D eigenvalue weighted by Crippen LogP contribution is -2.46. The van der Waals surface area contributed by atoms with Crippen molar-refractivity contribution < 1.29 is 4.79 Å². The predicted molar refractivity (Wildman–Crippen MR) is 88.0 cm³/mol. The number of rotatable bonds is 5. The Morgan fingerprint density at radius 1 is 1.10 bits per heavy atom. The van der Waals surface area contributed by atoms with Crippen molar-refractivity contribution in [3.63, 3.8) is 0 Å². The maximum atomic E-state index is 12.5. The standard InChI is InChI=1S/C17H27N3O/c1-4-17(18,5-2)16(21)14-6-8-15(9-7-14)20-12-10-19(3)11-13-20/h6-9H,4-5,10-13,18H2,1-3H3. The van der Waals surface area contributed by atoms with Gasteiger partial charge in [-0.1, -0.05) is 13.8 Å². The second kappa shape index (κ2) is 6.58. The van der Waals surface area contributed by atoms with Gasteiger partial charge >= 0.3 is 0 Å². The van der Waals surface area contributed by atoms with E-state index in [4.69, 9.17) is 5.73 Å². The van der Waals surface area contributed by atoms with E-state index in [9.17, 15) is 4.79 Å². The first-order chi connectivity index (χ1) is 10.00. The molecule has 2 rings (SSSR count). The molecule has 4 heteroatoms. The van der Waals surface area contributed by atoms with Gasteiger partial charge in [-0.3, -0.25) is 4.79 Å². The lowest BCUT2D eigenvalue weighted by molar-refractivity contribution is 0.0879. The second-order valence-corrected chi connectivity index (χ2v) is 6.03. The highest BCUT2D eigenvalue weighted by Crippen LogP contribution is 2.22. The summed E-state index contributed by atoms with van der Waals surface area (Å²) >= 11 is 0. The molecule has 0 unspecified atom stereocenters. The van der Waals surface area contributed by atoms with Crippen molar-refractivity contribution in [1.29, 1.82) is 0 Å². The van der Waals surface area contributed by atoms with E-state index in [1.165, 1.54) is 5.69 Å². The van der Waals surface area contributed by atoms with Crippen LogP contribution in [0.5, 0.6) is 0 Å². The first kappa shape index (κ1) is 16.0. The van der Waals surface area contributed by atoms with Crippen molar-refractivity contribution in [2.75, 3.05) is 38.1 Å². The van der Waals surface area contributed by atoms with E-state index in [1.807, 2.05) is 38.1 Å². The van der Waals surface area contributed by atoms with E-state index in [0.29, 0.717) is 12.8 Å². The van der Waals surface area contributed by atoms with Gasteiger partial charge in [-0.25, -0.2) is 0 Å². The maximum absolute atomic E-state index is 12.5.